The van der Waals surface area contributed by atoms with E-state index in [1.54, 1.807) is 0 Å². The topological polar surface area (TPSA) is 6.48 Å². The number of anilines is 6. The predicted molar refractivity (Wildman–Crippen MR) is 320 cm³/mol. The summed E-state index contributed by atoms with van der Waals surface area (Å²) in [7, 11) is 0. The fourth-order valence-corrected chi connectivity index (χ4v) is 14.0. The summed E-state index contributed by atoms with van der Waals surface area (Å²) in [5.74, 6) is 0. The van der Waals surface area contributed by atoms with Gasteiger partial charge in [0.2, 0.25) is 0 Å². The second-order valence-corrected chi connectivity index (χ2v) is 28.5. The molecule has 2 aliphatic rings. The van der Waals surface area contributed by atoms with E-state index in [0.29, 0.717) is 5.02 Å². The van der Waals surface area contributed by atoms with E-state index < -0.39 is 0 Å². The van der Waals surface area contributed by atoms with Crippen molar-refractivity contribution in [2.45, 2.75) is 166 Å². The van der Waals surface area contributed by atoms with Crippen LogP contribution in [0.3, 0.4) is 0 Å². The van der Waals surface area contributed by atoms with Crippen LogP contribution in [-0.4, -0.2) is 0 Å². The molecule has 0 bridgehead atoms. The maximum atomic E-state index is 8.38. The average Bonchev–Trinajstić information content (AvgIpc) is 3.74. The van der Waals surface area contributed by atoms with Gasteiger partial charge in [0.25, 0.3) is 0 Å². The molecule has 0 amide bonds. The van der Waals surface area contributed by atoms with E-state index in [-0.39, 0.29) is 32.5 Å². The van der Waals surface area contributed by atoms with Crippen molar-refractivity contribution >= 4 is 78.9 Å². The number of nitrogens with zero attached hydrogens (tertiary/aromatic N) is 2. The zero-order valence-corrected chi connectivity index (χ0v) is 48.7. The molecule has 0 radical (unpaired) electrons. The van der Waals surface area contributed by atoms with Gasteiger partial charge in [-0.05, 0) is 164 Å². The van der Waals surface area contributed by atoms with Gasteiger partial charge in [0.15, 0.2) is 0 Å². The van der Waals surface area contributed by atoms with Gasteiger partial charge in [0.05, 0.1) is 27.8 Å². The van der Waals surface area contributed by atoms with Gasteiger partial charge in [-0.25, -0.2) is 0 Å². The molecule has 0 saturated carbocycles. The van der Waals surface area contributed by atoms with Crippen LogP contribution in [0.15, 0.2) is 149 Å². The molecule has 1 aromatic heterocycles. The van der Waals surface area contributed by atoms with Crippen LogP contribution >= 0.6 is 34.7 Å². The molecule has 2 nitrogen and oxygen atoms in total. The molecule has 0 N–H and O–H groups in total. The van der Waals surface area contributed by atoms with Gasteiger partial charge in [0, 0.05) is 47.6 Å². The van der Waals surface area contributed by atoms with Crippen LogP contribution in [0.2, 0.25) is 5.02 Å². The Balaban J connectivity index is 1.27. The van der Waals surface area contributed by atoms with Gasteiger partial charge in [-0.3, -0.25) is 0 Å². The molecule has 0 fully saturated rings. The van der Waals surface area contributed by atoms with Gasteiger partial charge < -0.3 is 9.80 Å². The number of hydrogen-bond acceptors (Lipinski definition) is 4. The largest absolute Gasteiger partial charge is 0.308 e. The van der Waals surface area contributed by atoms with Crippen LogP contribution in [0.4, 0.5) is 34.1 Å². The molecule has 1 aliphatic heterocycles. The maximum Gasteiger partial charge on any atom is 0.0887 e. The molecule has 5 heteroatoms. The highest BCUT2D eigenvalue weighted by atomic mass is 35.5. The Bertz CT molecular complexity index is 3440. The molecule has 1 aliphatic carbocycles. The molecule has 7 aromatic carbocycles. The van der Waals surface area contributed by atoms with Gasteiger partial charge >= 0.3 is 0 Å². The fourth-order valence-electron chi connectivity index (χ4n) is 11.4. The lowest BCUT2D eigenvalue weighted by atomic mass is 9.63. The smallest absolute Gasteiger partial charge is 0.0887 e. The third kappa shape index (κ3) is 9.27. The van der Waals surface area contributed by atoms with Crippen molar-refractivity contribution in [3.8, 4) is 11.1 Å². The summed E-state index contributed by atoms with van der Waals surface area (Å²) >= 11 is 12.1. The number of rotatable bonds is 7. The summed E-state index contributed by atoms with van der Waals surface area (Å²) in [6.45, 7) is 37.4. The number of aryl methyl sites for hydroxylation is 1. The van der Waals surface area contributed by atoms with Crippen LogP contribution in [0, 0.1) is 6.92 Å². The molecule has 2 heterocycles. The van der Waals surface area contributed by atoms with Crippen molar-refractivity contribution in [3.63, 3.8) is 0 Å². The molecular formula is C68H75ClN2S2. The van der Waals surface area contributed by atoms with E-state index in [0.717, 1.165) is 58.1 Å². The van der Waals surface area contributed by atoms with Crippen molar-refractivity contribution < 1.29 is 0 Å². The summed E-state index contributed by atoms with van der Waals surface area (Å²) in [5.41, 5.74) is 19.1. The van der Waals surface area contributed by atoms with Gasteiger partial charge in [-0.1, -0.05) is 194 Å². The monoisotopic (exact) mass is 1020 g/mol. The number of benzene rings is 7. The van der Waals surface area contributed by atoms with Gasteiger partial charge in [0.1, 0.15) is 0 Å². The minimum absolute atomic E-state index is 0.0151. The lowest BCUT2D eigenvalue weighted by Crippen LogP contribution is -2.34. The third-order valence-corrected chi connectivity index (χ3v) is 18.7. The summed E-state index contributed by atoms with van der Waals surface area (Å²) < 4.78 is 1.26. The van der Waals surface area contributed by atoms with E-state index >= 15 is 0 Å². The SMILES string of the molecule is Cc1cc(N(c2ccc3c(c2)Sc2ccccc2C3(C)C)c2ccc(C(C)(C)C)cc2-c2ccc(C(C)(C)C)cc2)c(Cl)c(N(c2ccc3c(c2)C(C)(C)CCC3(C)C)c2csc3ccc(C(C)(C)C)cc23)c1. The Hall–Kier alpha value is -5.26. The molecule has 73 heavy (non-hydrogen) atoms. The van der Waals surface area contributed by atoms with Crippen LogP contribution in [0.1, 0.15) is 161 Å². The van der Waals surface area contributed by atoms with E-state index in [9.17, 15) is 0 Å². The van der Waals surface area contributed by atoms with Crippen molar-refractivity contribution in [1.82, 2.24) is 0 Å². The first-order valence-corrected chi connectivity index (χ1v) is 28.5. The molecule has 0 saturated heterocycles. The number of fused-ring (bicyclic) bond motifs is 4. The zero-order valence-electron chi connectivity index (χ0n) is 46.3. The van der Waals surface area contributed by atoms with Gasteiger partial charge in [-0.15, -0.1) is 11.3 Å². The first-order chi connectivity index (χ1) is 34.1. The average molecular weight is 1020 g/mol. The molecule has 376 valence electrons. The Morgan fingerprint density at radius 1 is 0.479 bits per heavy atom. The van der Waals surface area contributed by atoms with E-state index in [1.165, 1.54) is 64.4 Å². The van der Waals surface area contributed by atoms with Crippen LogP contribution in [0.25, 0.3) is 21.2 Å². The second-order valence-electron chi connectivity index (χ2n) is 26.1. The first-order valence-electron chi connectivity index (χ1n) is 26.4. The van der Waals surface area contributed by atoms with Crippen LogP contribution in [0.5, 0.6) is 0 Å². The summed E-state index contributed by atoms with van der Waals surface area (Å²) in [5, 5.41) is 4.28. The fraction of sp³-hybridized carbons (Fsp3) is 0.353. The molecule has 0 atom stereocenters. The first kappa shape index (κ1) is 51.2. The highest BCUT2D eigenvalue weighted by molar-refractivity contribution is 7.99. The lowest BCUT2D eigenvalue weighted by Gasteiger charge is -2.42. The van der Waals surface area contributed by atoms with Crippen molar-refractivity contribution in [1.29, 1.82) is 0 Å². The van der Waals surface area contributed by atoms with Gasteiger partial charge in [-0.2, -0.15) is 0 Å². The third-order valence-electron chi connectivity index (χ3n) is 16.3. The normalized spacial score (nSPS) is 15.9. The Morgan fingerprint density at radius 2 is 1.01 bits per heavy atom. The standard InChI is InChI=1S/C68H75ClN2S2/c1-42-35-56(62(69)57(36-42)71(58-41-72-59-32-26-46(38-50(58)59)65(8,9)10)47-27-29-51-54(39-47)67(13,14)34-33-66(51,11)12)70(48-28-30-53-61(40-48)73-60-20-18-17-19-52(60)68(53,15)16)55-31-25-45(64(5,6)7)37-49(55)43-21-23-44(24-22-43)63(2,3)4/h17-32,35-41H,33-34H2,1-16H3. The minimum atomic E-state index is -0.168. The maximum absolute atomic E-state index is 8.38. The number of thiophene rings is 1. The summed E-state index contributed by atoms with van der Waals surface area (Å²) in [6, 6.07) is 51.4. The molecule has 8 aromatic rings. The summed E-state index contributed by atoms with van der Waals surface area (Å²) in [4.78, 5) is 7.51. The Labute approximate surface area is 451 Å². The molecule has 0 unspecified atom stereocenters. The van der Waals surface area contributed by atoms with E-state index in [4.69, 9.17) is 11.6 Å². The zero-order chi connectivity index (χ0) is 52.4. The Morgan fingerprint density at radius 3 is 1.66 bits per heavy atom. The van der Waals surface area contributed by atoms with Crippen molar-refractivity contribution in [2.75, 3.05) is 9.80 Å². The van der Waals surface area contributed by atoms with Crippen LogP contribution in [-0.2, 0) is 32.5 Å². The highest BCUT2D eigenvalue weighted by Gasteiger charge is 2.39. The number of hydrogen-bond donors (Lipinski definition) is 0. The molecule has 10 rings (SSSR count). The highest BCUT2D eigenvalue weighted by Crippen LogP contribution is 2.56. The molecular weight excluding hydrogens is 944 g/mol. The van der Waals surface area contributed by atoms with Crippen molar-refractivity contribution in [3.05, 3.63) is 188 Å². The van der Waals surface area contributed by atoms with E-state index in [2.05, 4.69) is 259 Å². The quantitative estimate of drug-likeness (QED) is 0.157. The minimum Gasteiger partial charge on any atom is -0.308 e. The predicted octanol–water partition coefficient (Wildman–Crippen LogP) is 21.5. The number of halogens is 1. The molecule has 0 spiro atoms. The van der Waals surface area contributed by atoms with Crippen LogP contribution < -0.4 is 9.80 Å². The summed E-state index contributed by atoms with van der Waals surface area (Å²) in [6.07, 6.45) is 2.29. The Kier molecular flexibility index (Phi) is 12.6. The lowest BCUT2D eigenvalue weighted by molar-refractivity contribution is 0.332. The van der Waals surface area contributed by atoms with E-state index in [1.807, 2.05) is 23.1 Å². The van der Waals surface area contributed by atoms with Crippen molar-refractivity contribution in [2.24, 2.45) is 0 Å². The second kappa shape index (κ2) is 18.0.